The number of hydrogen-bond donors (Lipinski definition) is 0. The summed E-state index contributed by atoms with van der Waals surface area (Å²) in [7, 11) is 3.96. The van der Waals surface area contributed by atoms with E-state index in [4.69, 9.17) is 4.74 Å². The summed E-state index contributed by atoms with van der Waals surface area (Å²) in [5.74, 6) is 0.769. The number of ether oxygens (including phenoxy) is 1. The molecular formula is C10H23NO. The van der Waals surface area contributed by atoms with E-state index in [2.05, 4.69) is 18.9 Å². The first kappa shape index (κ1) is 11.9. The SMILES string of the molecule is CC.COCC1CC(C)N(C)C1. The van der Waals surface area contributed by atoms with E-state index >= 15 is 0 Å². The fraction of sp³-hybridized carbons (Fsp3) is 1.00. The second-order valence-corrected chi connectivity index (χ2v) is 3.35. The second-order valence-electron chi connectivity index (χ2n) is 3.35. The molecule has 0 amide bonds. The molecule has 0 aromatic rings. The molecule has 0 aromatic heterocycles. The van der Waals surface area contributed by atoms with Crippen molar-refractivity contribution in [3.8, 4) is 0 Å². The molecule has 0 bridgehead atoms. The van der Waals surface area contributed by atoms with Crippen LogP contribution in [0.25, 0.3) is 0 Å². The minimum atomic E-state index is 0.750. The minimum absolute atomic E-state index is 0.750. The molecule has 1 aliphatic rings. The van der Waals surface area contributed by atoms with Crippen LogP contribution in [-0.2, 0) is 4.74 Å². The Bertz CT molecular complexity index is 96.0. The average Bonchev–Trinajstić information content (AvgIpc) is 2.36. The Morgan fingerprint density at radius 1 is 1.42 bits per heavy atom. The first-order chi connectivity index (χ1) is 5.74. The lowest BCUT2D eigenvalue weighted by atomic mass is 10.1. The molecule has 2 heteroatoms. The lowest BCUT2D eigenvalue weighted by molar-refractivity contribution is 0.155. The zero-order valence-corrected chi connectivity index (χ0v) is 9.13. The highest BCUT2D eigenvalue weighted by atomic mass is 16.5. The third-order valence-corrected chi connectivity index (χ3v) is 2.38. The van der Waals surface area contributed by atoms with Gasteiger partial charge in [0.15, 0.2) is 0 Å². The molecule has 1 fully saturated rings. The predicted molar refractivity (Wildman–Crippen MR) is 53.4 cm³/mol. The summed E-state index contributed by atoms with van der Waals surface area (Å²) >= 11 is 0. The van der Waals surface area contributed by atoms with Gasteiger partial charge in [-0.1, -0.05) is 13.8 Å². The van der Waals surface area contributed by atoms with Crippen LogP contribution in [0.1, 0.15) is 27.2 Å². The zero-order valence-electron chi connectivity index (χ0n) is 9.13. The first-order valence-corrected chi connectivity index (χ1v) is 4.93. The van der Waals surface area contributed by atoms with E-state index in [0.29, 0.717) is 0 Å². The van der Waals surface area contributed by atoms with E-state index in [1.165, 1.54) is 13.0 Å². The van der Waals surface area contributed by atoms with E-state index in [9.17, 15) is 0 Å². The van der Waals surface area contributed by atoms with Crippen molar-refractivity contribution in [1.82, 2.24) is 4.90 Å². The molecule has 1 rings (SSSR count). The van der Waals surface area contributed by atoms with Gasteiger partial charge in [0.05, 0.1) is 6.61 Å². The van der Waals surface area contributed by atoms with Gasteiger partial charge in [-0.25, -0.2) is 0 Å². The Labute approximate surface area is 76.9 Å². The largest absolute Gasteiger partial charge is 0.384 e. The van der Waals surface area contributed by atoms with Crippen LogP contribution in [0.2, 0.25) is 0 Å². The Kier molecular flexibility index (Phi) is 6.39. The topological polar surface area (TPSA) is 12.5 Å². The lowest BCUT2D eigenvalue weighted by Crippen LogP contribution is -2.21. The maximum Gasteiger partial charge on any atom is 0.0503 e. The molecule has 74 valence electrons. The molecule has 2 atom stereocenters. The third kappa shape index (κ3) is 3.55. The minimum Gasteiger partial charge on any atom is -0.384 e. The van der Waals surface area contributed by atoms with Gasteiger partial charge in [-0.15, -0.1) is 0 Å². The van der Waals surface area contributed by atoms with Crippen LogP contribution in [-0.4, -0.2) is 38.3 Å². The molecule has 0 radical (unpaired) electrons. The standard InChI is InChI=1S/C8H17NO.C2H6/c1-7-4-8(6-10-3)5-9(7)2;1-2/h7-8H,4-6H2,1-3H3;1-2H3. The van der Waals surface area contributed by atoms with E-state index in [1.807, 2.05) is 13.8 Å². The second kappa shape index (κ2) is 6.44. The molecule has 0 aromatic carbocycles. The van der Waals surface area contributed by atoms with Crippen molar-refractivity contribution in [1.29, 1.82) is 0 Å². The van der Waals surface area contributed by atoms with Gasteiger partial charge in [0, 0.05) is 19.7 Å². The van der Waals surface area contributed by atoms with Gasteiger partial charge in [0.2, 0.25) is 0 Å². The predicted octanol–water partition coefficient (Wildman–Crippen LogP) is 2.00. The van der Waals surface area contributed by atoms with Crippen LogP contribution >= 0.6 is 0 Å². The summed E-state index contributed by atoms with van der Waals surface area (Å²) in [6, 6.07) is 0.750. The van der Waals surface area contributed by atoms with Gasteiger partial charge < -0.3 is 9.64 Å². The maximum absolute atomic E-state index is 5.10. The van der Waals surface area contributed by atoms with Gasteiger partial charge in [-0.3, -0.25) is 0 Å². The molecule has 0 aliphatic carbocycles. The smallest absolute Gasteiger partial charge is 0.0503 e. The molecule has 1 aliphatic heterocycles. The third-order valence-electron chi connectivity index (χ3n) is 2.38. The average molecular weight is 173 g/mol. The van der Waals surface area contributed by atoms with Gasteiger partial charge in [0.25, 0.3) is 0 Å². The van der Waals surface area contributed by atoms with Crippen LogP contribution in [0.5, 0.6) is 0 Å². The maximum atomic E-state index is 5.10. The van der Waals surface area contributed by atoms with Crippen LogP contribution in [0.4, 0.5) is 0 Å². The summed E-state index contributed by atoms with van der Waals surface area (Å²) in [4.78, 5) is 2.39. The monoisotopic (exact) mass is 173 g/mol. The van der Waals surface area contributed by atoms with E-state index in [1.54, 1.807) is 7.11 Å². The van der Waals surface area contributed by atoms with Crippen molar-refractivity contribution in [2.75, 3.05) is 27.3 Å². The molecule has 2 unspecified atom stereocenters. The Balaban J connectivity index is 0.000000561. The normalized spacial score (nSPS) is 29.8. The Morgan fingerprint density at radius 3 is 2.33 bits per heavy atom. The van der Waals surface area contributed by atoms with Crippen LogP contribution in [0.3, 0.4) is 0 Å². The fourth-order valence-corrected chi connectivity index (χ4v) is 1.68. The molecular weight excluding hydrogens is 150 g/mol. The van der Waals surface area contributed by atoms with Crippen molar-refractivity contribution >= 4 is 0 Å². The van der Waals surface area contributed by atoms with Gasteiger partial charge in [-0.05, 0) is 26.3 Å². The molecule has 0 spiro atoms. The molecule has 12 heavy (non-hydrogen) atoms. The number of nitrogens with zero attached hydrogens (tertiary/aromatic N) is 1. The van der Waals surface area contributed by atoms with Gasteiger partial charge in [0.1, 0.15) is 0 Å². The van der Waals surface area contributed by atoms with E-state index in [-0.39, 0.29) is 0 Å². The number of likely N-dealkylation sites (tertiary alicyclic amines) is 1. The highest BCUT2D eigenvalue weighted by Crippen LogP contribution is 2.20. The van der Waals surface area contributed by atoms with Crippen LogP contribution in [0.15, 0.2) is 0 Å². The summed E-state index contributed by atoms with van der Waals surface area (Å²) < 4.78 is 5.10. The number of methoxy groups -OCH3 is 1. The van der Waals surface area contributed by atoms with Crippen LogP contribution < -0.4 is 0 Å². The fourth-order valence-electron chi connectivity index (χ4n) is 1.68. The van der Waals surface area contributed by atoms with Gasteiger partial charge in [-0.2, -0.15) is 0 Å². The quantitative estimate of drug-likeness (QED) is 0.633. The van der Waals surface area contributed by atoms with Crippen molar-refractivity contribution in [3.63, 3.8) is 0 Å². The van der Waals surface area contributed by atoms with Crippen molar-refractivity contribution < 1.29 is 4.74 Å². The van der Waals surface area contributed by atoms with E-state index in [0.717, 1.165) is 18.6 Å². The highest BCUT2D eigenvalue weighted by Gasteiger charge is 2.25. The number of hydrogen-bond acceptors (Lipinski definition) is 2. The number of rotatable bonds is 2. The molecule has 0 saturated carbocycles. The first-order valence-electron chi connectivity index (χ1n) is 4.93. The van der Waals surface area contributed by atoms with Gasteiger partial charge >= 0.3 is 0 Å². The zero-order chi connectivity index (χ0) is 9.56. The van der Waals surface area contributed by atoms with Crippen molar-refractivity contribution in [2.45, 2.75) is 33.2 Å². The summed E-state index contributed by atoms with van der Waals surface area (Å²) in [5.41, 5.74) is 0. The Morgan fingerprint density at radius 2 is 2.00 bits per heavy atom. The molecule has 2 nitrogen and oxygen atoms in total. The Hall–Kier alpha value is -0.0800. The summed E-state index contributed by atoms with van der Waals surface area (Å²) in [6.07, 6.45) is 1.30. The van der Waals surface area contributed by atoms with E-state index < -0.39 is 0 Å². The summed E-state index contributed by atoms with van der Waals surface area (Å²) in [5, 5.41) is 0. The lowest BCUT2D eigenvalue weighted by Gasteiger charge is -2.12. The molecule has 1 heterocycles. The molecule has 0 N–H and O–H groups in total. The summed E-state index contributed by atoms with van der Waals surface area (Å²) in [6.45, 7) is 8.40. The van der Waals surface area contributed by atoms with Crippen molar-refractivity contribution in [3.05, 3.63) is 0 Å². The molecule has 1 saturated heterocycles. The highest BCUT2D eigenvalue weighted by molar-refractivity contribution is 4.79. The van der Waals surface area contributed by atoms with Crippen molar-refractivity contribution in [2.24, 2.45) is 5.92 Å². The van der Waals surface area contributed by atoms with Crippen LogP contribution in [0, 0.1) is 5.92 Å².